The van der Waals surface area contributed by atoms with Crippen LogP contribution in [-0.2, 0) is 0 Å². The van der Waals surface area contributed by atoms with Crippen LogP contribution in [-0.4, -0.2) is 12.2 Å². The van der Waals surface area contributed by atoms with Crippen LogP contribution in [0.2, 0.25) is 5.02 Å². The SMILES string of the molecule is CCCCC(CC)C(O)c1cc(Cl)ccc1OC. The van der Waals surface area contributed by atoms with E-state index in [0.29, 0.717) is 10.8 Å². The molecule has 1 aromatic rings. The Morgan fingerprint density at radius 3 is 2.61 bits per heavy atom. The maximum Gasteiger partial charge on any atom is 0.124 e. The molecule has 0 aliphatic rings. The second-order valence-electron chi connectivity index (χ2n) is 4.64. The molecule has 102 valence electrons. The summed E-state index contributed by atoms with van der Waals surface area (Å²) < 4.78 is 5.30. The fourth-order valence-corrected chi connectivity index (χ4v) is 2.42. The Morgan fingerprint density at radius 2 is 2.06 bits per heavy atom. The highest BCUT2D eigenvalue weighted by Crippen LogP contribution is 2.35. The predicted molar refractivity (Wildman–Crippen MR) is 76.3 cm³/mol. The van der Waals surface area contributed by atoms with Gasteiger partial charge in [0.25, 0.3) is 0 Å². The smallest absolute Gasteiger partial charge is 0.124 e. The molecule has 0 saturated heterocycles. The zero-order valence-electron chi connectivity index (χ0n) is 11.4. The first-order valence-electron chi connectivity index (χ1n) is 6.65. The fourth-order valence-electron chi connectivity index (χ4n) is 2.24. The zero-order chi connectivity index (χ0) is 13.5. The number of hydrogen-bond acceptors (Lipinski definition) is 2. The average molecular weight is 271 g/mol. The Balaban J connectivity index is 2.92. The lowest BCUT2D eigenvalue weighted by Gasteiger charge is -2.23. The summed E-state index contributed by atoms with van der Waals surface area (Å²) in [5.41, 5.74) is 0.799. The van der Waals surface area contributed by atoms with Crippen molar-refractivity contribution >= 4 is 11.6 Å². The highest BCUT2D eigenvalue weighted by Gasteiger charge is 2.22. The number of benzene rings is 1. The molecular formula is C15H23ClO2. The van der Waals surface area contributed by atoms with E-state index >= 15 is 0 Å². The maximum atomic E-state index is 10.5. The van der Waals surface area contributed by atoms with Gasteiger partial charge in [0.15, 0.2) is 0 Å². The van der Waals surface area contributed by atoms with Crippen LogP contribution in [0.5, 0.6) is 5.75 Å². The third kappa shape index (κ3) is 3.89. The molecule has 2 atom stereocenters. The molecule has 1 rings (SSSR count). The van der Waals surface area contributed by atoms with Crippen LogP contribution in [0.15, 0.2) is 18.2 Å². The van der Waals surface area contributed by atoms with Crippen LogP contribution in [0.1, 0.15) is 51.2 Å². The summed E-state index contributed by atoms with van der Waals surface area (Å²) in [5.74, 6) is 0.971. The molecule has 0 spiro atoms. The van der Waals surface area contributed by atoms with Crippen LogP contribution in [0.3, 0.4) is 0 Å². The molecule has 0 radical (unpaired) electrons. The van der Waals surface area contributed by atoms with Crippen molar-refractivity contribution < 1.29 is 9.84 Å². The van der Waals surface area contributed by atoms with Crippen LogP contribution < -0.4 is 4.74 Å². The second kappa shape index (κ2) is 7.65. The van der Waals surface area contributed by atoms with Crippen molar-refractivity contribution in [1.82, 2.24) is 0 Å². The van der Waals surface area contributed by atoms with Crippen molar-refractivity contribution in [1.29, 1.82) is 0 Å². The minimum atomic E-state index is -0.504. The molecule has 0 aromatic heterocycles. The summed E-state index contributed by atoms with van der Waals surface area (Å²) in [7, 11) is 1.62. The van der Waals surface area contributed by atoms with E-state index < -0.39 is 6.10 Å². The van der Waals surface area contributed by atoms with Crippen molar-refractivity contribution in [2.24, 2.45) is 5.92 Å². The Bertz CT molecular complexity index is 366. The summed E-state index contributed by atoms with van der Waals surface area (Å²) >= 11 is 6.00. The summed E-state index contributed by atoms with van der Waals surface area (Å²) in [6.45, 7) is 4.28. The van der Waals surface area contributed by atoms with Crippen LogP contribution in [0.4, 0.5) is 0 Å². The number of rotatable bonds is 7. The van der Waals surface area contributed by atoms with Gasteiger partial charge in [-0.3, -0.25) is 0 Å². The quantitative estimate of drug-likeness (QED) is 0.785. The molecule has 0 aliphatic heterocycles. The molecule has 0 saturated carbocycles. The number of aliphatic hydroxyl groups excluding tert-OH is 1. The first kappa shape index (κ1) is 15.3. The standard InChI is InChI=1S/C15H23ClO2/c1-4-6-7-11(5-2)15(17)13-10-12(16)8-9-14(13)18-3/h8-11,15,17H,4-7H2,1-3H3. The van der Waals surface area contributed by atoms with Gasteiger partial charge in [-0.05, 0) is 30.5 Å². The van der Waals surface area contributed by atoms with Gasteiger partial charge >= 0.3 is 0 Å². The van der Waals surface area contributed by atoms with E-state index in [0.717, 1.165) is 31.2 Å². The van der Waals surface area contributed by atoms with Crippen molar-refractivity contribution in [3.63, 3.8) is 0 Å². The number of halogens is 1. The number of methoxy groups -OCH3 is 1. The van der Waals surface area contributed by atoms with E-state index in [4.69, 9.17) is 16.3 Å². The van der Waals surface area contributed by atoms with Gasteiger partial charge in [0.05, 0.1) is 13.2 Å². The van der Waals surface area contributed by atoms with E-state index in [1.54, 1.807) is 19.2 Å². The van der Waals surface area contributed by atoms with Gasteiger partial charge in [0.1, 0.15) is 5.75 Å². The lowest BCUT2D eigenvalue weighted by molar-refractivity contribution is 0.0962. The minimum absolute atomic E-state index is 0.261. The van der Waals surface area contributed by atoms with Gasteiger partial charge in [0.2, 0.25) is 0 Å². The van der Waals surface area contributed by atoms with Crippen molar-refractivity contribution in [2.45, 2.75) is 45.6 Å². The van der Waals surface area contributed by atoms with E-state index in [2.05, 4.69) is 13.8 Å². The molecule has 0 amide bonds. The van der Waals surface area contributed by atoms with Crippen LogP contribution >= 0.6 is 11.6 Å². The number of aliphatic hydroxyl groups is 1. The molecule has 18 heavy (non-hydrogen) atoms. The second-order valence-corrected chi connectivity index (χ2v) is 5.08. The van der Waals surface area contributed by atoms with Crippen LogP contribution in [0, 0.1) is 5.92 Å². The zero-order valence-corrected chi connectivity index (χ0v) is 12.2. The van der Waals surface area contributed by atoms with Gasteiger partial charge in [-0.1, -0.05) is 44.7 Å². The summed E-state index contributed by atoms with van der Waals surface area (Å²) in [6, 6.07) is 5.40. The Labute approximate surface area is 115 Å². The number of hydrogen-bond donors (Lipinski definition) is 1. The Morgan fingerprint density at radius 1 is 1.33 bits per heavy atom. The summed E-state index contributed by atoms with van der Waals surface area (Å²) in [6.07, 6.45) is 3.77. The lowest BCUT2D eigenvalue weighted by Crippen LogP contribution is -2.13. The van der Waals surface area contributed by atoms with Gasteiger partial charge in [-0.25, -0.2) is 0 Å². The molecule has 0 bridgehead atoms. The molecule has 0 heterocycles. The maximum absolute atomic E-state index is 10.5. The van der Waals surface area contributed by atoms with E-state index in [9.17, 15) is 5.11 Å². The summed E-state index contributed by atoms with van der Waals surface area (Å²) in [4.78, 5) is 0. The minimum Gasteiger partial charge on any atom is -0.496 e. The van der Waals surface area contributed by atoms with Gasteiger partial charge < -0.3 is 9.84 Å². The van der Waals surface area contributed by atoms with Gasteiger partial charge in [-0.2, -0.15) is 0 Å². The van der Waals surface area contributed by atoms with Crippen molar-refractivity contribution in [3.05, 3.63) is 28.8 Å². The molecule has 0 fully saturated rings. The fraction of sp³-hybridized carbons (Fsp3) is 0.600. The monoisotopic (exact) mass is 270 g/mol. The lowest BCUT2D eigenvalue weighted by atomic mass is 9.89. The first-order chi connectivity index (χ1) is 8.63. The number of unbranched alkanes of at least 4 members (excludes halogenated alkanes) is 1. The molecule has 3 heteroatoms. The number of ether oxygens (including phenoxy) is 1. The van der Waals surface area contributed by atoms with Crippen molar-refractivity contribution in [3.8, 4) is 5.75 Å². The van der Waals surface area contributed by atoms with Crippen LogP contribution in [0.25, 0.3) is 0 Å². The average Bonchev–Trinajstić information content (AvgIpc) is 2.39. The normalized spacial score (nSPS) is 14.3. The summed E-state index contributed by atoms with van der Waals surface area (Å²) in [5, 5.41) is 11.1. The molecule has 2 unspecified atom stereocenters. The van der Waals surface area contributed by atoms with Gasteiger partial charge in [0, 0.05) is 10.6 Å². The van der Waals surface area contributed by atoms with Crippen molar-refractivity contribution in [2.75, 3.05) is 7.11 Å². The highest BCUT2D eigenvalue weighted by atomic mass is 35.5. The Hall–Kier alpha value is -0.730. The molecule has 1 N–H and O–H groups in total. The molecule has 1 aromatic carbocycles. The van der Waals surface area contributed by atoms with E-state index in [1.807, 2.05) is 6.07 Å². The Kier molecular flexibility index (Phi) is 6.51. The van der Waals surface area contributed by atoms with E-state index in [-0.39, 0.29) is 5.92 Å². The van der Waals surface area contributed by atoms with E-state index in [1.165, 1.54) is 0 Å². The molecular weight excluding hydrogens is 248 g/mol. The van der Waals surface area contributed by atoms with Gasteiger partial charge in [-0.15, -0.1) is 0 Å². The molecule has 2 nitrogen and oxygen atoms in total. The highest BCUT2D eigenvalue weighted by molar-refractivity contribution is 6.30. The predicted octanol–water partition coefficient (Wildman–Crippen LogP) is 4.60. The topological polar surface area (TPSA) is 29.5 Å². The third-order valence-corrected chi connectivity index (χ3v) is 3.64. The first-order valence-corrected chi connectivity index (χ1v) is 7.03. The third-order valence-electron chi connectivity index (χ3n) is 3.41. The molecule has 0 aliphatic carbocycles. The largest absolute Gasteiger partial charge is 0.496 e.